The molecule has 2 aromatic rings. The molecule has 0 saturated heterocycles. The Bertz CT molecular complexity index is 504. The standard InChI is InChI=1S/C11H11N3S/c12-11-10(13-15-14-11)9-5-4-7-2-1-3-8(7)6-9/h4-6H,1-3H2,(H2,12,14). The summed E-state index contributed by atoms with van der Waals surface area (Å²) in [6.07, 6.45) is 3.66. The highest BCUT2D eigenvalue weighted by Crippen LogP contribution is 2.29. The van der Waals surface area contributed by atoms with Crippen molar-refractivity contribution in [2.24, 2.45) is 0 Å². The van der Waals surface area contributed by atoms with E-state index in [1.165, 1.54) is 42.1 Å². The molecule has 0 atom stereocenters. The first kappa shape index (κ1) is 8.85. The number of rotatable bonds is 1. The first-order chi connectivity index (χ1) is 7.34. The summed E-state index contributed by atoms with van der Waals surface area (Å²) < 4.78 is 8.21. The third-order valence-electron chi connectivity index (χ3n) is 2.89. The lowest BCUT2D eigenvalue weighted by molar-refractivity contribution is 0.912. The van der Waals surface area contributed by atoms with Crippen LogP contribution in [0, 0.1) is 0 Å². The number of nitrogens with two attached hydrogens (primary N) is 1. The van der Waals surface area contributed by atoms with Crippen molar-refractivity contribution in [3.05, 3.63) is 29.3 Å². The van der Waals surface area contributed by atoms with Crippen LogP contribution in [0.25, 0.3) is 11.3 Å². The van der Waals surface area contributed by atoms with Crippen molar-refractivity contribution in [1.82, 2.24) is 8.75 Å². The van der Waals surface area contributed by atoms with Crippen LogP contribution in [0.2, 0.25) is 0 Å². The topological polar surface area (TPSA) is 51.8 Å². The van der Waals surface area contributed by atoms with E-state index in [1.54, 1.807) is 0 Å². The number of nitrogens with zero attached hydrogens (tertiary/aromatic N) is 2. The predicted octanol–water partition coefficient (Wildman–Crippen LogP) is 2.28. The van der Waals surface area contributed by atoms with Crippen LogP contribution in [-0.4, -0.2) is 8.75 Å². The fourth-order valence-corrected chi connectivity index (χ4v) is 2.61. The summed E-state index contributed by atoms with van der Waals surface area (Å²) in [7, 11) is 0. The highest BCUT2D eigenvalue weighted by Gasteiger charge is 2.13. The fourth-order valence-electron chi connectivity index (χ4n) is 2.11. The molecular weight excluding hydrogens is 206 g/mol. The Balaban J connectivity index is 2.11. The summed E-state index contributed by atoms with van der Waals surface area (Å²) in [5.41, 5.74) is 10.6. The van der Waals surface area contributed by atoms with Crippen LogP contribution >= 0.6 is 11.7 Å². The smallest absolute Gasteiger partial charge is 0.165 e. The van der Waals surface area contributed by atoms with Crippen LogP contribution in [0.15, 0.2) is 18.2 Å². The van der Waals surface area contributed by atoms with Crippen molar-refractivity contribution in [2.45, 2.75) is 19.3 Å². The zero-order valence-corrected chi connectivity index (χ0v) is 9.05. The van der Waals surface area contributed by atoms with Gasteiger partial charge in [-0.3, -0.25) is 0 Å². The molecule has 0 aliphatic heterocycles. The molecule has 3 rings (SSSR count). The summed E-state index contributed by atoms with van der Waals surface area (Å²) in [6, 6.07) is 6.49. The van der Waals surface area contributed by atoms with E-state index in [0.29, 0.717) is 5.82 Å². The second kappa shape index (κ2) is 3.31. The Morgan fingerprint density at radius 3 is 2.80 bits per heavy atom. The fraction of sp³-hybridized carbons (Fsp3) is 0.273. The highest BCUT2D eigenvalue weighted by molar-refractivity contribution is 6.99. The Morgan fingerprint density at radius 1 is 1.13 bits per heavy atom. The summed E-state index contributed by atoms with van der Waals surface area (Å²) in [5.74, 6) is 0.540. The van der Waals surface area contributed by atoms with Gasteiger partial charge in [0.25, 0.3) is 0 Å². The molecule has 15 heavy (non-hydrogen) atoms. The number of aryl methyl sites for hydroxylation is 2. The van der Waals surface area contributed by atoms with Crippen LogP contribution in [-0.2, 0) is 12.8 Å². The molecule has 0 saturated carbocycles. The Kier molecular flexibility index (Phi) is 1.95. The zero-order valence-electron chi connectivity index (χ0n) is 8.23. The number of nitrogen functional groups attached to an aromatic ring is 1. The van der Waals surface area contributed by atoms with Crippen LogP contribution in [0.4, 0.5) is 5.82 Å². The molecule has 1 aliphatic carbocycles. The average molecular weight is 217 g/mol. The summed E-state index contributed by atoms with van der Waals surface area (Å²) in [4.78, 5) is 0. The summed E-state index contributed by atoms with van der Waals surface area (Å²) >= 11 is 1.17. The first-order valence-corrected chi connectivity index (χ1v) is 5.78. The van der Waals surface area contributed by atoms with Crippen molar-refractivity contribution in [3.8, 4) is 11.3 Å². The molecule has 76 valence electrons. The number of anilines is 1. The third-order valence-corrected chi connectivity index (χ3v) is 3.43. The maximum Gasteiger partial charge on any atom is 0.165 e. The summed E-state index contributed by atoms with van der Waals surface area (Å²) in [5, 5.41) is 0. The van der Waals surface area contributed by atoms with Gasteiger partial charge in [0.2, 0.25) is 0 Å². The molecule has 3 nitrogen and oxygen atoms in total. The monoisotopic (exact) mass is 217 g/mol. The van der Waals surface area contributed by atoms with Crippen molar-refractivity contribution in [2.75, 3.05) is 5.73 Å². The zero-order chi connectivity index (χ0) is 10.3. The molecule has 1 heterocycles. The van der Waals surface area contributed by atoms with E-state index in [2.05, 4.69) is 26.9 Å². The van der Waals surface area contributed by atoms with Gasteiger partial charge in [-0.2, -0.15) is 8.75 Å². The van der Waals surface area contributed by atoms with Crippen molar-refractivity contribution < 1.29 is 0 Å². The number of benzene rings is 1. The second-order valence-corrected chi connectivity index (χ2v) is 4.36. The molecule has 0 bridgehead atoms. The lowest BCUT2D eigenvalue weighted by atomic mass is 10.0. The molecule has 1 aromatic carbocycles. The van der Waals surface area contributed by atoms with Crippen molar-refractivity contribution >= 4 is 17.5 Å². The molecule has 1 aliphatic rings. The van der Waals surface area contributed by atoms with Crippen molar-refractivity contribution in [3.63, 3.8) is 0 Å². The van der Waals surface area contributed by atoms with E-state index in [1.807, 2.05) is 0 Å². The Hall–Kier alpha value is -1.42. The van der Waals surface area contributed by atoms with Gasteiger partial charge in [0.05, 0.1) is 11.7 Å². The molecule has 1 aromatic heterocycles. The quantitative estimate of drug-likeness (QED) is 0.797. The number of hydrogen-bond donors (Lipinski definition) is 1. The van der Waals surface area contributed by atoms with Gasteiger partial charge < -0.3 is 5.73 Å². The Morgan fingerprint density at radius 2 is 2.00 bits per heavy atom. The maximum atomic E-state index is 5.75. The SMILES string of the molecule is Nc1nsnc1-c1ccc2c(c1)CCC2. The van der Waals surface area contributed by atoms with E-state index in [-0.39, 0.29) is 0 Å². The van der Waals surface area contributed by atoms with Gasteiger partial charge in [-0.05, 0) is 36.5 Å². The minimum atomic E-state index is 0.540. The molecule has 0 unspecified atom stereocenters. The molecule has 4 heteroatoms. The van der Waals surface area contributed by atoms with E-state index in [9.17, 15) is 0 Å². The minimum Gasteiger partial charge on any atom is -0.381 e. The van der Waals surface area contributed by atoms with Crippen LogP contribution in [0.5, 0.6) is 0 Å². The summed E-state index contributed by atoms with van der Waals surface area (Å²) in [6.45, 7) is 0. The number of hydrogen-bond acceptors (Lipinski definition) is 4. The van der Waals surface area contributed by atoms with Gasteiger partial charge >= 0.3 is 0 Å². The van der Waals surface area contributed by atoms with Gasteiger partial charge in [-0.15, -0.1) is 0 Å². The van der Waals surface area contributed by atoms with E-state index < -0.39 is 0 Å². The van der Waals surface area contributed by atoms with Crippen LogP contribution in [0.3, 0.4) is 0 Å². The molecule has 0 fully saturated rings. The van der Waals surface area contributed by atoms with Gasteiger partial charge in [-0.25, -0.2) is 0 Å². The van der Waals surface area contributed by atoms with E-state index in [0.717, 1.165) is 11.3 Å². The number of fused-ring (bicyclic) bond motifs is 1. The molecular formula is C11H11N3S. The largest absolute Gasteiger partial charge is 0.381 e. The normalized spacial score (nSPS) is 14.1. The molecule has 0 amide bonds. The predicted molar refractivity (Wildman–Crippen MR) is 61.8 cm³/mol. The van der Waals surface area contributed by atoms with E-state index >= 15 is 0 Å². The van der Waals surface area contributed by atoms with Crippen LogP contribution < -0.4 is 5.73 Å². The lowest BCUT2D eigenvalue weighted by Gasteiger charge is -2.02. The molecule has 2 N–H and O–H groups in total. The molecule has 0 spiro atoms. The maximum absolute atomic E-state index is 5.75. The van der Waals surface area contributed by atoms with E-state index in [4.69, 9.17) is 5.73 Å². The highest BCUT2D eigenvalue weighted by atomic mass is 32.1. The third kappa shape index (κ3) is 1.41. The molecule has 0 radical (unpaired) electrons. The minimum absolute atomic E-state index is 0.540. The van der Waals surface area contributed by atoms with Crippen molar-refractivity contribution in [1.29, 1.82) is 0 Å². The van der Waals surface area contributed by atoms with Gasteiger partial charge in [0.15, 0.2) is 5.82 Å². The first-order valence-electron chi connectivity index (χ1n) is 5.05. The second-order valence-electron chi connectivity index (χ2n) is 3.84. The Labute approximate surface area is 92.3 Å². The van der Waals surface area contributed by atoms with Gasteiger partial charge in [0, 0.05) is 5.56 Å². The lowest BCUT2D eigenvalue weighted by Crippen LogP contribution is -1.90. The van der Waals surface area contributed by atoms with Gasteiger partial charge in [0.1, 0.15) is 5.69 Å². The number of aromatic nitrogens is 2. The average Bonchev–Trinajstić information content (AvgIpc) is 2.84. The van der Waals surface area contributed by atoms with Crippen LogP contribution in [0.1, 0.15) is 17.5 Å². The van der Waals surface area contributed by atoms with Gasteiger partial charge in [-0.1, -0.05) is 12.1 Å².